The second-order valence-electron chi connectivity index (χ2n) is 3.83. The number of nitrogens with two attached hydrogens (primary N) is 1. The molecule has 0 aromatic carbocycles. The molecule has 0 bridgehead atoms. The molecule has 0 saturated carbocycles. The van der Waals surface area contributed by atoms with Gasteiger partial charge >= 0.3 is 0 Å². The Kier molecular flexibility index (Phi) is 1.97. The van der Waals surface area contributed by atoms with Crippen LogP contribution >= 0.6 is 11.3 Å². The van der Waals surface area contributed by atoms with Gasteiger partial charge in [0.15, 0.2) is 0 Å². The zero-order valence-corrected chi connectivity index (χ0v) is 9.66. The summed E-state index contributed by atoms with van der Waals surface area (Å²) in [5.74, 6) is 0. The fraction of sp³-hybridized carbons (Fsp3) is 0.0833. The van der Waals surface area contributed by atoms with Gasteiger partial charge in [-0.15, -0.1) is 0 Å². The number of nitrogens with zero attached hydrogens (tertiary/aromatic N) is 2. The molecule has 2 N–H and O–H groups in total. The van der Waals surface area contributed by atoms with Crippen molar-refractivity contribution in [1.29, 1.82) is 0 Å². The zero-order valence-electron chi connectivity index (χ0n) is 8.84. The number of imidazole rings is 1. The van der Waals surface area contributed by atoms with E-state index in [0.29, 0.717) is 0 Å². The van der Waals surface area contributed by atoms with Gasteiger partial charge in [-0.25, -0.2) is 4.98 Å². The van der Waals surface area contributed by atoms with Gasteiger partial charge in [-0.2, -0.15) is 11.3 Å². The number of thiophene rings is 1. The third-order valence-corrected chi connectivity index (χ3v) is 3.26. The fourth-order valence-corrected chi connectivity index (χ4v) is 2.50. The minimum absolute atomic E-state index is 0.763. The third-order valence-electron chi connectivity index (χ3n) is 2.57. The molecule has 0 spiro atoms. The predicted molar refractivity (Wildman–Crippen MR) is 67.7 cm³/mol. The molecule has 0 aliphatic carbocycles. The summed E-state index contributed by atoms with van der Waals surface area (Å²) in [5, 5.41) is 4.15. The van der Waals surface area contributed by atoms with Gasteiger partial charge in [0, 0.05) is 29.0 Å². The zero-order chi connectivity index (χ0) is 11.1. The minimum Gasteiger partial charge on any atom is -0.398 e. The van der Waals surface area contributed by atoms with Crippen LogP contribution in [0.15, 0.2) is 35.3 Å². The summed E-state index contributed by atoms with van der Waals surface area (Å²) in [6, 6.07) is 4.02. The van der Waals surface area contributed by atoms with E-state index < -0.39 is 0 Å². The lowest BCUT2D eigenvalue weighted by molar-refractivity contribution is 1.17. The van der Waals surface area contributed by atoms with Crippen LogP contribution < -0.4 is 5.73 Å². The van der Waals surface area contributed by atoms with Gasteiger partial charge < -0.3 is 10.1 Å². The smallest absolute Gasteiger partial charge is 0.140 e. The summed E-state index contributed by atoms with van der Waals surface area (Å²) in [6.07, 6.45) is 3.91. The van der Waals surface area contributed by atoms with Crippen LogP contribution in [0.4, 0.5) is 5.69 Å². The minimum atomic E-state index is 0.763. The maximum Gasteiger partial charge on any atom is 0.140 e. The molecule has 0 fully saturated rings. The lowest BCUT2D eigenvalue weighted by atomic mass is 10.3. The van der Waals surface area contributed by atoms with Crippen molar-refractivity contribution < 1.29 is 0 Å². The average Bonchev–Trinajstić information content (AvgIpc) is 2.82. The van der Waals surface area contributed by atoms with Gasteiger partial charge in [-0.1, -0.05) is 0 Å². The summed E-state index contributed by atoms with van der Waals surface area (Å²) < 4.78 is 1.98. The number of aryl methyl sites for hydroxylation is 1. The highest BCUT2D eigenvalue weighted by Gasteiger charge is 2.06. The van der Waals surface area contributed by atoms with E-state index in [0.717, 1.165) is 28.2 Å². The lowest BCUT2D eigenvalue weighted by Crippen LogP contribution is -1.92. The Morgan fingerprint density at radius 1 is 1.38 bits per heavy atom. The summed E-state index contributed by atoms with van der Waals surface area (Å²) >= 11 is 1.68. The molecule has 0 aliphatic heterocycles. The Hall–Kier alpha value is -1.81. The molecule has 3 aromatic rings. The number of nitrogen functional groups attached to an aromatic ring is 1. The highest BCUT2D eigenvalue weighted by molar-refractivity contribution is 7.08. The maximum absolute atomic E-state index is 5.81. The first-order valence-corrected chi connectivity index (χ1v) is 5.96. The van der Waals surface area contributed by atoms with Gasteiger partial charge in [0.05, 0.1) is 5.69 Å². The molecule has 0 saturated heterocycles. The molecular formula is C12H11N3S. The van der Waals surface area contributed by atoms with E-state index >= 15 is 0 Å². The van der Waals surface area contributed by atoms with Crippen molar-refractivity contribution in [2.45, 2.75) is 6.92 Å². The monoisotopic (exact) mass is 229 g/mol. The fourth-order valence-electron chi connectivity index (χ4n) is 1.85. The second kappa shape index (κ2) is 3.35. The molecule has 3 aromatic heterocycles. The van der Waals surface area contributed by atoms with E-state index in [1.165, 1.54) is 0 Å². The Morgan fingerprint density at radius 2 is 2.25 bits per heavy atom. The van der Waals surface area contributed by atoms with E-state index in [1.807, 2.05) is 29.8 Å². The molecule has 0 radical (unpaired) electrons. The number of aromatic nitrogens is 2. The van der Waals surface area contributed by atoms with Crippen LogP contribution in [0, 0.1) is 6.92 Å². The molecule has 3 nitrogen and oxygen atoms in total. The largest absolute Gasteiger partial charge is 0.398 e. The third kappa shape index (κ3) is 1.39. The lowest BCUT2D eigenvalue weighted by Gasteiger charge is -1.98. The van der Waals surface area contributed by atoms with Crippen molar-refractivity contribution in [1.82, 2.24) is 9.38 Å². The van der Waals surface area contributed by atoms with Gasteiger partial charge in [-0.05, 0) is 30.0 Å². The van der Waals surface area contributed by atoms with Crippen LogP contribution in [0.3, 0.4) is 0 Å². The van der Waals surface area contributed by atoms with E-state index in [9.17, 15) is 0 Å². The molecule has 0 amide bonds. The molecule has 3 rings (SSSR count). The first-order valence-electron chi connectivity index (χ1n) is 5.01. The molecule has 80 valence electrons. The maximum atomic E-state index is 5.81. The summed E-state index contributed by atoms with van der Waals surface area (Å²) in [6.45, 7) is 2.02. The van der Waals surface area contributed by atoms with Crippen molar-refractivity contribution in [3.63, 3.8) is 0 Å². The standard InChI is InChI=1S/C12H11N3S/c1-8-4-10(13)5-15-6-11(14-12(8)15)9-2-3-16-7-9/h2-7H,13H2,1H3. The molecule has 3 heterocycles. The first-order chi connectivity index (χ1) is 7.74. The van der Waals surface area contributed by atoms with Crippen LogP contribution in [-0.2, 0) is 0 Å². The van der Waals surface area contributed by atoms with Gasteiger partial charge in [-0.3, -0.25) is 0 Å². The molecule has 0 aliphatic rings. The molecular weight excluding hydrogens is 218 g/mol. The van der Waals surface area contributed by atoms with Crippen molar-refractivity contribution in [2.24, 2.45) is 0 Å². The van der Waals surface area contributed by atoms with E-state index in [4.69, 9.17) is 5.73 Å². The Labute approximate surface area is 97.2 Å². The Morgan fingerprint density at radius 3 is 3.00 bits per heavy atom. The summed E-state index contributed by atoms with van der Waals surface area (Å²) in [4.78, 5) is 4.61. The SMILES string of the molecule is Cc1cc(N)cn2cc(-c3ccsc3)nc12. The van der Waals surface area contributed by atoms with Crippen molar-refractivity contribution >= 4 is 22.7 Å². The van der Waals surface area contributed by atoms with Gasteiger partial charge in [0.25, 0.3) is 0 Å². The quantitative estimate of drug-likeness (QED) is 0.697. The second-order valence-corrected chi connectivity index (χ2v) is 4.61. The van der Waals surface area contributed by atoms with Crippen LogP contribution in [-0.4, -0.2) is 9.38 Å². The van der Waals surface area contributed by atoms with E-state index in [1.54, 1.807) is 11.3 Å². The first kappa shape index (κ1) is 9.42. The molecule has 0 unspecified atom stereocenters. The Bertz CT molecular complexity index is 638. The van der Waals surface area contributed by atoms with Crippen molar-refractivity contribution in [2.75, 3.05) is 5.73 Å². The topological polar surface area (TPSA) is 43.3 Å². The van der Waals surface area contributed by atoms with Crippen LogP contribution in [0.2, 0.25) is 0 Å². The van der Waals surface area contributed by atoms with E-state index in [2.05, 4.69) is 21.8 Å². The van der Waals surface area contributed by atoms with Gasteiger partial charge in [0.2, 0.25) is 0 Å². The number of hydrogen-bond acceptors (Lipinski definition) is 3. The highest BCUT2D eigenvalue weighted by Crippen LogP contribution is 2.23. The predicted octanol–water partition coefficient (Wildman–Crippen LogP) is 2.95. The molecule has 0 atom stereocenters. The average molecular weight is 229 g/mol. The highest BCUT2D eigenvalue weighted by atomic mass is 32.1. The number of rotatable bonds is 1. The molecule has 16 heavy (non-hydrogen) atoms. The molecule has 4 heteroatoms. The number of pyridine rings is 1. The summed E-state index contributed by atoms with van der Waals surface area (Å²) in [5.41, 5.74) is 10.8. The van der Waals surface area contributed by atoms with Crippen LogP contribution in [0.1, 0.15) is 5.56 Å². The summed E-state index contributed by atoms with van der Waals surface area (Å²) in [7, 11) is 0. The number of fused-ring (bicyclic) bond motifs is 1. The van der Waals surface area contributed by atoms with E-state index in [-0.39, 0.29) is 0 Å². The normalized spacial score (nSPS) is 11.1. The van der Waals surface area contributed by atoms with Crippen LogP contribution in [0.25, 0.3) is 16.9 Å². The van der Waals surface area contributed by atoms with Crippen molar-refractivity contribution in [3.05, 3.63) is 40.8 Å². The van der Waals surface area contributed by atoms with Crippen LogP contribution in [0.5, 0.6) is 0 Å². The number of anilines is 1. The van der Waals surface area contributed by atoms with Gasteiger partial charge in [0.1, 0.15) is 5.65 Å². The van der Waals surface area contributed by atoms with Crippen molar-refractivity contribution in [3.8, 4) is 11.3 Å². The Balaban J connectivity index is 2.27. The number of hydrogen-bond donors (Lipinski definition) is 1.